The number of likely N-dealkylation sites (tertiary alicyclic amines) is 1. The zero-order valence-electron chi connectivity index (χ0n) is 12.6. The van der Waals surface area contributed by atoms with Crippen LogP contribution in [0.1, 0.15) is 44.9 Å². The van der Waals surface area contributed by atoms with Crippen LogP contribution in [0.25, 0.3) is 0 Å². The fourth-order valence-corrected chi connectivity index (χ4v) is 3.66. The van der Waals surface area contributed by atoms with E-state index in [1.54, 1.807) is 0 Å². The number of carbonyl (C=O) groups is 2. The van der Waals surface area contributed by atoms with Crippen molar-refractivity contribution in [3.63, 3.8) is 0 Å². The van der Waals surface area contributed by atoms with Gasteiger partial charge in [-0.25, -0.2) is 0 Å². The topological polar surface area (TPSA) is 69.6 Å². The molecule has 21 heavy (non-hydrogen) atoms. The van der Waals surface area contributed by atoms with Crippen molar-refractivity contribution in [2.45, 2.75) is 51.0 Å². The molecule has 2 N–H and O–H groups in total. The molecule has 1 heterocycles. The van der Waals surface area contributed by atoms with Gasteiger partial charge in [-0.1, -0.05) is 19.4 Å². The molecular formula is C16H26N2O3. The molecule has 0 aromatic carbocycles. The van der Waals surface area contributed by atoms with Crippen LogP contribution in [0.5, 0.6) is 0 Å². The zero-order valence-corrected chi connectivity index (χ0v) is 12.6. The molecule has 118 valence electrons. The number of aliphatic hydroxyl groups is 1. The molecule has 2 amide bonds. The summed E-state index contributed by atoms with van der Waals surface area (Å²) in [5.74, 6) is -0.183. The third kappa shape index (κ3) is 3.84. The predicted molar refractivity (Wildman–Crippen MR) is 80.5 cm³/mol. The number of nitrogens with zero attached hydrogens (tertiary/aromatic N) is 1. The SMILES string of the molecule is C=CC(=O)NCCC(=O)N1CCCC2(CCCCC2O)C1. The molecule has 2 unspecified atom stereocenters. The molecule has 1 spiro atoms. The third-order valence-electron chi connectivity index (χ3n) is 4.89. The van der Waals surface area contributed by atoms with Crippen LogP contribution in [-0.2, 0) is 9.59 Å². The van der Waals surface area contributed by atoms with Crippen molar-refractivity contribution in [1.82, 2.24) is 10.2 Å². The van der Waals surface area contributed by atoms with Crippen LogP contribution in [-0.4, -0.2) is 47.6 Å². The van der Waals surface area contributed by atoms with Crippen molar-refractivity contribution in [1.29, 1.82) is 0 Å². The summed E-state index contributed by atoms with van der Waals surface area (Å²) in [7, 11) is 0. The van der Waals surface area contributed by atoms with E-state index in [-0.39, 0.29) is 23.3 Å². The Morgan fingerprint density at radius 1 is 1.33 bits per heavy atom. The third-order valence-corrected chi connectivity index (χ3v) is 4.89. The summed E-state index contributed by atoms with van der Waals surface area (Å²) >= 11 is 0. The van der Waals surface area contributed by atoms with E-state index in [0.29, 0.717) is 19.5 Å². The van der Waals surface area contributed by atoms with Gasteiger partial charge in [0.2, 0.25) is 11.8 Å². The van der Waals surface area contributed by atoms with E-state index in [9.17, 15) is 14.7 Å². The standard InChI is InChI=1S/C16H26N2O3/c1-2-14(20)17-10-7-15(21)18-11-5-9-16(12-18)8-4-3-6-13(16)19/h2,13,19H,1,3-12H2,(H,17,20). The molecule has 0 bridgehead atoms. The molecule has 2 aliphatic rings. The maximum absolute atomic E-state index is 12.3. The van der Waals surface area contributed by atoms with Crippen LogP contribution in [0.2, 0.25) is 0 Å². The molecule has 5 heteroatoms. The zero-order chi connectivity index (χ0) is 15.3. The molecule has 0 aromatic heterocycles. The van der Waals surface area contributed by atoms with Gasteiger partial charge in [-0.05, 0) is 31.8 Å². The van der Waals surface area contributed by atoms with Crippen molar-refractivity contribution < 1.29 is 14.7 Å². The molecule has 2 atom stereocenters. The Balaban J connectivity index is 1.86. The monoisotopic (exact) mass is 294 g/mol. The highest BCUT2D eigenvalue weighted by Gasteiger charge is 2.43. The Morgan fingerprint density at radius 3 is 2.81 bits per heavy atom. The summed E-state index contributed by atoms with van der Waals surface area (Å²) in [6, 6.07) is 0. The van der Waals surface area contributed by atoms with Crippen LogP contribution >= 0.6 is 0 Å². The van der Waals surface area contributed by atoms with Gasteiger partial charge in [0.1, 0.15) is 0 Å². The fraction of sp³-hybridized carbons (Fsp3) is 0.750. The normalized spacial score (nSPS) is 29.2. The lowest BCUT2D eigenvalue weighted by Crippen LogP contribution is -2.52. The first-order valence-corrected chi connectivity index (χ1v) is 7.93. The maximum atomic E-state index is 12.3. The second-order valence-electron chi connectivity index (χ2n) is 6.29. The van der Waals surface area contributed by atoms with E-state index in [4.69, 9.17) is 0 Å². The Kier molecular flexibility index (Phi) is 5.39. The second-order valence-corrected chi connectivity index (χ2v) is 6.29. The Hall–Kier alpha value is -1.36. The molecule has 0 aromatic rings. The van der Waals surface area contributed by atoms with E-state index in [2.05, 4.69) is 11.9 Å². The fourth-order valence-electron chi connectivity index (χ4n) is 3.66. The number of nitrogens with one attached hydrogen (secondary N) is 1. The van der Waals surface area contributed by atoms with Crippen molar-refractivity contribution >= 4 is 11.8 Å². The van der Waals surface area contributed by atoms with E-state index in [1.165, 1.54) is 6.08 Å². The number of rotatable bonds is 4. The Labute approximate surface area is 126 Å². The van der Waals surface area contributed by atoms with E-state index in [1.807, 2.05) is 4.90 Å². The number of hydrogen-bond donors (Lipinski definition) is 2. The highest BCUT2D eigenvalue weighted by Crippen LogP contribution is 2.43. The summed E-state index contributed by atoms with van der Waals surface area (Å²) in [6.45, 7) is 5.16. The minimum Gasteiger partial charge on any atom is -0.392 e. The van der Waals surface area contributed by atoms with Gasteiger partial charge in [0.05, 0.1) is 6.10 Å². The number of carbonyl (C=O) groups excluding carboxylic acids is 2. The lowest BCUT2D eigenvalue weighted by atomic mass is 9.67. The molecule has 2 fully saturated rings. The Morgan fingerprint density at radius 2 is 2.10 bits per heavy atom. The summed E-state index contributed by atoms with van der Waals surface area (Å²) in [5.41, 5.74) is -0.0868. The highest BCUT2D eigenvalue weighted by molar-refractivity contribution is 5.87. The van der Waals surface area contributed by atoms with E-state index < -0.39 is 0 Å². The van der Waals surface area contributed by atoms with Crippen LogP contribution in [0.4, 0.5) is 0 Å². The highest BCUT2D eigenvalue weighted by atomic mass is 16.3. The van der Waals surface area contributed by atoms with Crippen molar-refractivity contribution in [2.24, 2.45) is 5.41 Å². The lowest BCUT2D eigenvalue weighted by molar-refractivity contribution is -0.139. The van der Waals surface area contributed by atoms with Crippen LogP contribution in [0.15, 0.2) is 12.7 Å². The van der Waals surface area contributed by atoms with Crippen LogP contribution in [0, 0.1) is 5.41 Å². The summed E-state index contributed by atoms with van der Waals surface area (Å²) in [5, 5.41) is 13.0. The minimum absolute atomic E-state index is 0.0659. The molecule has 1 saturated carbocycles. The smallest absolute Gasteiger partial charge is 0.243 e. The quantitative estimate of drug-likeness (QED) is 0.766. The van der Waals surface area contributed by atoms with Gasteiger partial charge in [-0.15, -0.1) is 0 Å². The van der Waals surface area contributed by atoms with Gasteiger partial charge in [0.25, 0.3) is 0 Å². The molecule has 0 radical (unpaired) electrons. The van der Waals surface area contributed by atoms with Crippen molar-refractivity contribution in [2.75, 3.05) is 19.6 Å². The van der Waals surface area contributed by atoms with E-state index in [0.717, 1.165) is 45.1 Å². The first-order chi connectivity index (χ1) is 10.1. The number of amides is 2. The van der Waals surface area contributed by atoms with Gasteiger partial charge >= 0.3 is 0 Å². The van der Waals surface area contributed by atoms with Crippen LogP contribution in [0.3, 0.4) is 0 Å². The Bertz CT molecular complexity index is 406. The van der Waals surface area contributed by atoms with Gasteiger partial charge in [0.15, 0.2) is 0 Å². The maximum Gasteiger partial charge on any atom is 0.243 e. The summed E-state index contributed by atoms with van der Waals surface area (Å²) in [6.07, 6.45) is 7.33. The lowest BCUT2D eigenvalue weighted by Gasteiger charge is -2.48. The first kappa shape index (κ1) is 16.0. The van der Waals surface area contributed by atoms with Crippen molar-refractivity contribution in [3.05, 3.63) is 12.7 Å². The van der Waals surface area contributed by atoms with Gasteiger partial charge in [0, 0.05) is 31.5 Å². The molecule has 1 saturated heterocycles. The molecular weight excluding hydrogens is 268 g/mol. The summed E-state index contributed by atoms with van der Waals surface area (Å²) in [4.78, 5) is 25.2. The number of piperidine rings is 1. The molecule has 2 rings (SSSR count). The summed E-state index contributed by atoms with van der Waals surface area (Å²) < 4.78 is 0. The largest absolute Gasteiger partial charge is 0.392 e. The number of aliphatic hydroxyl groups excluding tert-OH is 1. The van der Waals surface area contributed by atoms with E-state index >= 15 is 0 Å². The molecule has 1 aliphatic carbocycles. The molecule has 5 nitrogen and oxygen atoms in total. The van der Waals surface area contributed by atoms with Gasteiger partial charge < -0.3 is 15.3 Å². The van der Waals surface area contributed by atoms with Gasteiger partial charge in [-0.3, -0.25) is 9.59 Å². The van der Waals surface area contributed by atoms with Crippen LogP contribution < -0.4 is 5.32 Å². The average molecular weight is 294 g/mol. The predicted octanol–water partition coefficient (Wildman–Crippen LogP) is 1.22. The minimum atomic E-state index is -0.276. The average Bonchev–Trinajstić information content (AvgIpc) is 2.50. The first-order valence-electron chi connectivity index (χ1n) is 7.93. The molecule has 1 aliphatic heterocycles. The van der Waals surface area contributed by atoms with Crippen molar-refractivity contribution in [3.8, 4) is 0 Å². The second kappa shape index (κ2) is 7.07. The number of hydrogen-bond acceptors (Lipinski definition) is 3. The van der Waals surface area contributed by atoms with Gasteiger partial charge in [-0.2, -0.15) is 0 Å².